The highest BCUT2D eigenvalue weighted by Gasteiger charge is 2.30. The topological polar surface area (TPSA) is 60.5 Å². The van der Waals surface area contributed by atoms with Crippen molar-refractivity contribution in [2.24, 2.45) is 0 Å². The molecule has 1 amide bonds. The molecule has 2 aromatic carbocycles. The molecule has 0 atom stereocenters. The number of nitrogens with zero attached hydrogens (tertiary/aromatic N) is 1. The van der Waals surface area contributed by atoms with Gasteiger partial charge < -0.3 is 9.47 Å². The molecule has 0 saturated carbocycles. The van der Waals surface area contributed by atoms with Crippen molar-refractivity contribution in [2.75, 3.05) is 19.5 Å². The first kappa shape index (κ1) is 19.7. The average molecular weight is 408 g/mol. The Morgan fingerprint density at radius 3 is 2.50 bits per heavy atom. The van der Waals surface area contributed by atoms with Crippen molar-refractivity contribution in [1.29, 1.82) is 0 Å². The maximum Gasteiger partial charge on any atom is 0.416 e. The van der Waals surface area contributed by atoms with Crippen LogP contribution < -0.4 is 14.8 Å². The summed E-state index contributed by atoms with van der Waals surface area (Å²) in [6.07, 6.45) is -4.43. The molecule has 3 rings (SSSR count). The third kappa shape index (κ3) is 4.25. The predicted molar refractivity (Wildman–Crippen MR) is 100 cm³/mol. The van der Waals surface area contributed by atoms with E-state index >= 15 is 0 Å². The van der Waals surface area contributed by atoms with E-state index in [9.17, 15) is 18.0 Å². The molecule has 0 aliphatic heterocycles. The van der Waals surface area contributed by atoms with Gasteiger partial charge in [0, 0.05) is 16.5 Å². The maximum absolute atomic E-state index is 12.9. The first-order valence-corrected chi connectivity index (χ1v) is 8.86. The van der Waals surface area contributed by atoms with Gasteiger partial charge in [0.25, 0.3) is 5.91 Å². The summed E-state index contributed by atoms with van der Waals surface area (Å²) in [5, 5.41) is 4.49. The largest absolute Gasteiger partial charge is 0.493 e. The normalized spacial score (nSPS) is 11.2. The van der Waals surface area contributed by atoms with E-state index in [1.807, 2.05) is 0 Å². The van der Waals surface area contributed by atoms with E-state index in [1.54, 1.807) is 17.5 Å². The van der Waals surface area contributed by atoms with Crippen molar-refractivity contribution in [3.63, 3.8) is 0 Å². The SMILES string of the molecule is COc1ccc(C(=O)Nc2nc(-c3cccc(C(F)(F)F)c3)cs2)cc1OC. The Morgan fingerprint density at radius 1 is 1.07 bits per heavy atom. The van der Waals surface area contributed by atoms with Crippen LogP contribution in [0.15, 0.2) is 47.8 Å². The molecule has 28 heavy (non-hydrogen) atoms. The Labute approximate surface area is 162 Å². The molecule has 5 nitrogen and oxygen atoms in total. The summed E-state index contributed by atoms with van der Waals surface area (Å²) in [6, 6.07) is 9.56. The second-order valence-electron chi connectivity index (χ2n) is 5.64. The third-order valence-electron chi connectivity index (χ3n) is 3.86. The Bertz CT molecular complexity index is 1000. The lowest BCUT2D eigenvalue weighted by molar-refractivity contribution is -0.137. The molecule has 1 N–H and O–H groups in total. The third-order valence-corrected chi connectivity index (χ3v) is 4.61. The fourth-order valence-electron chi connectivity index (χ4n) is 2.47. The number of ether oxygens (including phenoxy) is 2. The number of anilines is 1. The van der Waals surface area contributed by atoms with E-state index in [0.717, 1.165) is 23.5 Å². The molecule has 0 spiro atoms. The molecule has 0 radical (unpaired) electrons. The molecule has 3 aromatic rings. The summed E-state index contributed by atoms with van der Waals surface area (Å²) < 4.78 is 48.9. The highest BCUT2D eigenvalue weighted by atomic mass is 32.1. The molecule has 1 aromatic heterocycles. The minimum absolute atomic E-state index is 0.271. The Hall–Kier alpha value is -3.07. The summed E-state index contributed by atoms with van der Waals surface area (Å²) >= 11 is 1.12. The standard InChI is InChI=1S/C19H15F3N2O3S/c1-26-15-7-6-12(9-16(15)27-2)17(25)24-18-23-14(10-28-18)11-4-3-5-13(8-11)19(20,21)22/h3-10H,1-2H3,(H,23,24,25). The second-order valence-corrected chi connectivity index (χ2v) is 6.50. The highest BCUT2D eigenvalue weighted by molar-refractivity contribution is 7.14. The fraction of sp³-hybridized carbons (Fsp3) is 0.158. The lowest BCUT2D eigenvalue weighted by atomic mass is 10.1. The van der Waals surface area contributed by atoms with Gasteiger partial charge in [-0.2, -0.15) is 13.2 Å². The number of rotatable bonds is 5. The number of halogens is 3. The van der Waals surface area contributed by atoms with Gasteiger partial charge in [-0.1, -0.05) is 12.1 Å². The van der Waals surface area contributed by atoms with Crippen molar-refractivity contribution in [3.8, 4) is 22.8 Å². The first-order chi connectivity index (χ1) is 13.3. The van der Waals surface area contributed by atoms with Gasteiger partial charge in [0.2, 0.25) is 0 Å². The molecular weight excluding hydrogens is 393 g/mol. The van der Waals surface area contributed by atoms with Crippen molar-refractivity contribution in [1.82, 2.24) is 4.98 Å². The zero-order valence-electron chi connectivity index (χ0n) is 14.8. The van der Waals surface area contributed by atoms with Crippen molar-refractivity contribution in [2.45, 2.75) is 6.18 Å². The van der Waals surface area contributed by atoms with E-state index in [4.69, 9.17) is 9.47 Å². The first-order valence-electron chi connectivity index (χ1n) is 7.98. The number of thiazole rings is 1. The monoisotopic (exact) mass is 408 g/mol. The zero-order valence-corrected chi connectivity index (χ0v) is 15.6. The number of hydrogen-bond donors (Lipinski definition) is 1. The summed E-state index contributed by atoms with van der Waals surface area (Å²) in [4.78, 5) is 16.6. The molecule has 0 unspecified atom stereocenters. The zero-order chi connectivity index (χ0) is 20.3. The molecule has 0 saturated heterocycles. The van der Waals surface area contributed by atoms with Gasteiger partial charge in [0.05, 0.1) is 25.5 Å². The maximum atomic E-state index is 12.9. The molecule has 0 aliphatic rings. The molecular formula is C19H15F3N2O3S. The van der Waals surface area contributed by atoms with Gasteiger partial charge in [-0.15, -0.1) is 11.3 Å². The second kappa shape index (κ2) is 7.89. The number of amides is 1. The molecule has 0 bridgehead atoms. The molecule has 9 heteroatoms. The number of alkyl halides is 3. The van der Waals surface area contributed by atoms with Crippen LogP contribution in [-0.2, 0) is 6.18 Å². The molecule has 1 heterocycles. The van der Waals surface area contributed by atoms with Crippen LogP contribution in [0.2, 0.25) is 0 Å². The quantitative estimate of drug-likeness (QED) is 0.638. The highest BCUT2D eigenvalue weighted by Crippen LogP contribution is 2.33. The van der Waals surface area contributed by atoms with E-state index in [1.165, 1.54) is 32.4 Å². The van der Waals surface area contributed by atoms with Gasteiger partial charge in [0.15, 0.2) is 16.6 Å². The van der Waals surface area contributed by atoms with Crippen LogP contribution in [0.4, 0.5) is 18.3 Å². The van der Waals surface area contributed by atoms with E-state index in [-0.39, 0.29) is 5.13 Å². The van der Waals surface area contributed by atoms with E-state index < -0.39 is 17.6 Å². The lowest BCUT2D eigenvalue weighted by Gasteiger charge is -2.09. The lowest BCUT2D eigenvalue weighted by Crippen LogP contribution is -2.12. The van der Waals surface area contributed by atoms with Crippen LogP contribution in [0.3, 0.4) is 0 Å². The number of carbonyl (C=O) groups excluding carboxylic acids is 1. The van der Waals surface area contributed by atoms with Crippen LogP contribution in [0.25, 0.3) is 11.3 Å². The van der Waals surface area contributed by atoms with Gasteiger partial charge >= 0.3 is 6.18 Å². The van der Waals surface area contributed by atoms with Crippen LogP contribution in [0.1, 0.15) is 15.9 Å². The van der Waals surface area contributed by atoms with E-state index in [0.29, 0.717) is 28.3 Å². The number of carbonyl (C=O) groups is 1. The van der Waals surface area contributed by atoms with Crippen LogP contribution in [0.5, 0.6) is 11.5 Å². The van der Waals surface area contributed by atoms with Crippen LogP contribution >= 0.6 is 11.3 Å². The number of aromatic nitrogens is 1. The number of benzene rings is 2. The van der Waals surface area contributed by atoms with Crippen LogP contribution in [-0.4, -0.2) is 25.1 Å². The molecule has 0 aliphatic carbocycles. The fourth-order valence-corrected chi connectivity index (χ4v) is 3.18. The van der Waals surface area contributed by atoms with E-state index in [2.05, 4.69) is 10.3 Å². The summed E-state index contributed by atoms with van der Waals surface area (Å²) in [5.74, 6) is 0.463. The van der Waals surface area contributed by atoms with Crippen LogP contribution in [0, 0.1) is 0 Å². The summed E-state index contributed by atoms with van der Waals surface area (Å²) in [6.45, 7) is 0. The van der Waals surface area contributed by atoms with Gasteiger partial charge in [-0.3, -0.25) is 10.1 Å². The predicted octanol–water partition coefficient (Wildman–Crippen LogP) is 5.10. The molecule has 146 valence electrons. The van der Waals surface area contributed by atoms with Crippen molar-refractivity contribution >= 4 is 22.4 Å². The van der Waals surface area contributed by atoms with Gasteiger partial charge in [-0.05, 0) is 30.3 Å². The minimum atomic E-state index is -4.43. The van der Waals surface area contributed by atoms with Gasteiger partial charge in [0.1, 0.15) is 0 Å². The Kier molecular flexibility index (Phi) is 5.55. The Balaban J connectivity index is 1.79. The Morgan fingerprint density at radius 2 is 1.82 bits per heavy atom. The number of methoxy groups -OCH3 is 2. The summed E-state index contributed by atoms with van der Waals surface area (Å²) in [5.41, 5.74) is 0.235. The average Bonchev–Trinajstić information content (AvgIpc) is 3.15. The molecule has 0 fully saturated rings. The number of hydrogen-bond acceptors (Lipinski definition) is 5. The number of nitrogens with one attached hydrogen (secondary N) is 1. The van der Waals surface area contributed by atoms with Crippen molar-refractivity contribution in [3.05, 3.63) is 59.0 Å². The minimum Gasteiger partial charge on any atom is -0.493 e. The smallest absolute Gasteiger partial charge is 0.416 e. The van der Waals surface area contributed by atoms with Gasteiger partial charge in [-0.25, -0.2) is 4.98 Å². The summed E-state index contributed by atoms with van der Waals surface area (Å²) in [7, 11) is 2.95. The van der Waals surface area contributed by atoms with Crippen molar-refractivity contribution < 1.29 is 27.4 Å².